The number of carbonyl (C=O) groups excluding carboxylic acids is 1. The van der Waals surface area contributed by atoms with Crippen LogP contribution in [0.2, 0.25) is 0 Å². The summed E-state index contributed by atoms with van der Waals surface area (Å²) < 4.78 is 4.77. The first-order valence-electron chi connectivity index (χ1n) is 4.08. The summed E-state index contributed by atoms with van der Waals surface area (Å²) in [7, 11) is 0. The number of hydrogen-bond donors (Lipinski definition) is 0. The predicted octanol–water partition coefficient (Wildman–Crippen LogP) is 2.19. The number of nitrogens with zero attached hydrogens (tertiary/aromatic N) is 1. The first-order chi connectivity index (χ1) is 6.11. The third-order valence-corrected chi connectivity index (χ3v) is 1.23. The van der Waals surface area contributed by atoms with Crippen molar-refractivity contribution in [2.45, 2.75) is 20.8 Å². The quantitative estimate of drug-likeness (QED) is 0.301. The number of aliphatic imine (C=N–C) groups is 1. The summed E-state index contributed by atoms with van der Waals surface area (Å²) in [5.41, 5.74) is 0.229. The Morgan fingerprint density at radius 3 is 2.69 bits per heavy atom. The van der Waals surface area contributed by atoms with Crippen LogP contribution in [0.1, 0.15) is 20.8 Å². The van der Waals surface area contributed by atoms with Crippen molar-refractivity contribution >= 4 is 23.3 Å². The zero-order valence-corrected chi connectivity index (χ0v) is 8.85. The van der Waals surface area contributed by atoms with E-state index in [4.69, 9.17) is 4.74 Å². The molecule has 0 radical (unpaired) electrons. The van der Waals surface area contributed by atoms with Gasteiger partial charge < -0.3 is 4.74 Å². The van der Waals surface area contributed by atoms with Crippen molar-refractivity contribution in [3.63, 3.8) is 0 Å². The highest BCUT2D eigenvalue weighted by Crippen LogP contribution is 2.05. The standard InChI is InChI=1S/C9H13NO2S/c1-4-12-9(11)8(10-6-13)5-7(2)3/h5,7H,4H2,1-3H3/b8-5-. The summed E-state index contributed by atoms with van der Waals surface area (Å²) in [4.78, 5) is 14.8. The van der Waals surface area contributed by atoms with Crippen LogP contribution in [0, 0.1) is 5.92 Å². The Labute approximate surface area is 83.5 Å². The van der Waals surface area contributed by atoms with Gasteiger partial charge in [0.25, 0.3) is 0 Å². The summed E-state index contributed by atoms with van der Waals surface area (Å²) in [5.74, 6) is -0.222. The molecule has 4 heteroatoms. The Morgan fingerprint density at radius 1 is 1.69 bits per heavy atom. The molecule has 0 amide bonds. The molecule has 0 aliphatic carbocycles. The predicted molar refractivity (Wildman–Crippen MR) is 54.6 cm³/mol. The molecule has 0 fully saturated rings. The molecular formula is C9H13NO2S. The molecule has 0 saturated carbocycles. The molecule has 13 heavy (non-hydrogen) atoms. The van der Waals surface area contributed by atoms with Crippen LogP contribution in [0.3, 0.4) is 0 Å². The third kappa shape index (κ3) is 5.28. The fourth-order valence-electron chi connectivity index (χ4n) is 0.721. The average molecular weight is 199 g/mol. The number of ether oxygens (including phenoxy) is 1. The number of isothiocyanates is 1. The number of allylic oxidation sites excluding steroid dienone is 1. The second-order valence-corrected chi connectivity index (χ2v) is 2.90. The Balaban J connectivity index is 4.60. The molecule has 0 bridgehead atoms. The van der Waals surface area contributed by atoms with Gasteiger partial charge >= 0.3 is 5.97 Å². The van der Waals surface area contributed by atoms with E-state index in [-0.39, 0.29) is 11.6 Å². The van der Waals surface area contributed by atoms with E-state index in [1.165, 1.54) is 0 Å². The van der Waals surface area contributed by atoms with Gasteiger partial charge in [0.1, 0.15) is 0 Å². The van der Waals surface area contributed by atoms with Gasteiger partial charge in [0.15, 0.2) is 5.70 Å². The number of carbonyl (C=O) groups is 1. The highest BCUT2D eigenvalue weighted by molar-refractivity contribution is 7.78. The van der Waals surface area contributed by atoms with Gasteiger partial charge in [-0.3, -0.25) is 0 Å². The third-order valence-electron chi connectivity index (χ3n) is 1.14. The van der Waals surface area contributed by atoms with E-state index < -0.39 is 5.97 Å². The van der Waals surface area contributed by atoms with Gasteiger partial charge in [-0.1, -0.05) is 13.8 Å². The molecule has 0 aromatic rings. The normalized spacial score (nSPS) is 10.9. The highest BCUT2D eigenvalue weighted by Gasteiger charge is 2.08. The minimum Gasteiger partial charge on any atom is -0.461 e. The summed E-state index contributed by atoms with van der Waals surface area (Å²) in [6, 6.07) is 0. The van der Waals surface area contributed by atoms with Crippen LogP contribution in [-0.4, -0.2) is 17.7 Å². The van der Waals surface area contributed by atoms with Crippen molar-refractivity contribution < 1.29 is 9.53 Å². The smallest absolute Gasteiger partial charge is 0.357 e. The lowest BCUT2D eigenvalue weighted by Crippen LogP contribution is -2.06. The molecule has 0 aliphatic rings. The Morgan fingerprint density at radius 2 is 2.31 bits per heavy atom. The van der Waals surface area contributed by atoms with Crippen molar-refractivity contribution in [2.24, 2.45) is 10.9 Å². The van der Waals surface area contributed by atoms with Gasteiger partial charge in [-0.05, 0) is 31.1 Å². The first-order valence-corrected chi connectivity index (χ1v) is 4.49. The zero-order valence-electron chi connectivity index (χ0n) is 8.03. The second kappa shape index (κ2) is 6.52. The Hall–Kier alpha value is -0.990. The van der Waals surface area contributed by atoms with E-state index in [9.17, 15) is 4.79 Å². The maximum absolute atomic E-state index is 11.2. The van der Waals surface area contributed by atoms with E-state index in [2.05, 4.69) is 22.4 Å². The molecule has 72 valence electrons. The summed E-state index contributed by atoms with van der Waals surface area (Å²) in [5, 5.41) is 2.15. The molecule has 3 nitrogen and oxygen atoms in total. The SMILES string of the molecule is CCOC(=O)/C(=C/C(C)C)N=C=S. The van der Waals surface area contributed by atoms with Crippen LogP contribution in [0.25, 0.3) is 0 Å². The van der Waals surface area contributed by atoms with E-state index in [1.807, 2.05) is 13.8 Å². The van der Waals surface area contributed by atoms with Gasteiger partial charge in [-0.15, -0.1) is 0 Å². The fraction of sp³-hybridized carbons (Fsp3) is 0.556. The summed E-state index contributed by atoms with van der Waals surface area (Å²) in [6.07, 6.45) is 1.69. The monoisotopic (exact) mass is 199 g/mol. The van der Waals surface area contributed by atoms with Crippen molar-refractivity contribution in [2.75, 3.05) is 6.61 Å². The number of hydrogen-bond acceptors (Lipinski definition) is 4. The van der Waals surface area contributed by atoms with Crippen LogP contribution in [-0.2, 0) is 9.53 Å². The van der Waals surface area contributed by atoms with E-state index in [1.54, 1.807) is 13.0 Å². The van der Waals surface area contributed by atoms with Crippen LogP contribution < -0.4 is 0 Å². The highest BCUT2D eigenvalue weighted by atomic mass is 32.1. The molecule has 0 heterocycles. The number of rotatable bonds is 4. The molecule has 0 N–H and O–H groups in total. The topological polar surface area (TPSA) is 38.7 Å². The van der Waals surface area contributed by atoms with Crippen LogP contribution >= 0.6 is 12.2 Å². The lowest BCUT2D eigenvalue weighted by molar-refractivity contribution is -0.138. The largest absolute Gasteiger partial charge is 0.461 e. The Kier molecular flexibility index (Phi) is 6.02. The van der Waals surface area contributed by atoms with Crippen LogP contribution in [0.5, 0.6) is 0 Å². The average Bonchev–Trinajstić information content (AvgIpc) is 2.03. The van der Waals surface area contributed by atoms with Gasteiger partial charge in [-0.2, -0.15) is 4.99 Å². The summed E-state index contributed by atoms with van der Waals surface area (Å²) >= 11 is 4.42. The van der Waals surface area contributed by atoms with Gasteiger partial charge in [0.2, 0.25) is 0 Å². The molecular weight excluding hydrogens is 186 g/mol. The molecule has 0 saturated heterocycles. The van der Waals surface area contributed by atoms with Crippen molar-refractivity contribution in [1.29, 1.82) is 0 Å². The number of esters is 1. The van der Waals surface area contributed by atoms with E-state index >= 15 is 0 Å². The zero-order chi connectivity index (χ0) is 10.3. The van der Waals surface area contributed by atoms with Crippen LogP contribution in [0.15, 0.2) is 16.8 Å². The van der Waals surface area contributed by atoms with Crippen molar-refractivity contribution in [3.8, 4) is 0 Å². The first kappa shape index (κ1) is 12.0. The van der Waals surface area contributed by atoms with Crippen molar-refractivity contribution in [1.82, 2.24) is 0 Å². The maximum Gasteiger partial charge on any atom is 0.357 e. The number of thiocarbonyl (C=S) groups is 1. The molecule has 0 aromatic carbocycles. The molecule has 0 aromatic heterocycles. The lowest BCUT2D eigenvalue weighted by atomic mass is 10.2. The van der Waals surface area contributed by atoms with Gasteiger partial charge in [0.05, 0.1) is 11.8 Å². The molecule has 0 atom stereocenters. The maximum atomic E-state index is 11.2. The molecule has 0 spiro atoms. The van der Waals surface area contributed by atoms with E-state index in [0.717, 1.165) is 0 Å². The van der Waals surface area contributed by atoms with E-state index in [0.29, 0.717) is 6.61 Å². The minimum atomic E-state index is -0.450. The van der Waals surface area contributed by atoms with Gasteiger partial charge in [0, 0.05) is 0 Å². The second-order valence-electron chi connectivity index (χ2n) is 2.72. The fourth-order valence-corrected chi connectivity index (χ4v) is 0.819. The van der Waals surface area contributed by atoms with Gasteiger partial charge in [-0.25, -0.2) is 4.79 Å². The Bertz CT molecular complexity index is 252. The molecule has 0 rings (SSSR count). The molecule has 0 unspecified atom stereocenters. The van der Waals surface area contributed by atoms with Crippen LogP contribution in [0.4, 0.5) is 0 Å². The van der Waals surface area contributed by atoms with Crippen molar-refractivity contribution in [3.05, 3.63) is 11.8 Å². The summed E-state index contributed by atoms with van der Waals surface area (Å²) in [6.45, 7) is 5.96. The molecule has 0 aliphatic heterocycles. The lowest BCUT2D eigenvalue weighted by Gasteiger charge is -2.01. The minimum absolute atomic E-state index is 0.228.